The monoisotopic (exact) mass is 440 g/mol. The van der Waals surface area contributed by atoms with Gasteiger partial charge in [0.1, 0.15) is 17.3 Å². The van der Waals surface area contributed by atoms with Crippen LogP contribution in [-0.4, -0.2) is 28.6 Å². The van der Waals surface area contributed by atoms with Gasteiger partial charge in [-0.2, -0.15) is 0 Å². The lowest BCUT2D eigenvalue weighted by Gasteiger charge is -2.18. The van der Waals surface area contributed by atoms with E-state index in [0.717, 1.165) is 11.6 Å². The predicted molar refractivity (Wildman–Crippen MR) is 113 cm³/mol. The Kier molecular flexibility index (Phi) is 5.77. The number of halogens is 2. The zero-order chi connectivity index (χ0) is 22.0. The van der Waals surface area contributed by atoms with Crippen LogP contribution in [0.1, 0.15) is 27.5 Å². The van der Waals surface area contributed by atoms with Gasteiger partial charge in [0.25, 0.3) is 0 Å². The predicted octanol–water partition coefficient (Wildman–Crippen LogP) is 5.24. The molecule has 1 heterocycles. The van der Waals surface area contributed by atoms with Gasteiger partial charge in [-0.15, -0.1) is 0 Å². The molecule has 31 heavy (non-hydrogen) atoms. The van der Waals surface area contributed by atoms with Crippen molar-refractivity contribution in [3.8, 4) is 11.5 Å². The first-order valence-corrected chi connectivity index (χ1v) is 9.88. The molecule has 158 valence electrons. The molecule has 1 fully saturated rings. The molecule has 3 aromatic carbocycles. The van der Waals surface area contributed by atoms with Gasteiger partial charge in [-0.3, -0.25) is 0 Å². The standard InChI is InChI=1S/C23H18ClFN2O4/c24-18-9-8-17(11-19(18)25)31-21-10-15(22(28)29)6-7-16(21)12-27-13-20(26-23(27)30)14-4-2-1-3-5-14/h1-11,20H,12-13H2,(H,26,30)(H,28,29). The Morgan fingerprint density at radius 1 is 1.16 bits per heavy atom. The first-order valence-electron chi connectivity index (χ1n) is 9.50. The number of hydrogen-bond donors (Lipinski definition) is 2. The number of ether oxygens (including phenoxy) is 1. The van der Waals surface area contributed by atoms with Crippen molar-refractivity contribution in [2.24, 2.45) is 0 Å². The molecular formula is C23H18ClFN2O4. The minimum Gasteiger partial charge on any atom is -0.478 e. The summed E-state index contributed by atoms with van der Waals surface area (Å²) < 4.78 is 19.6. The van der Waals surface area contributed by atoms with Crippen molar-refractivity contribution in [1.82, 2.24) is 10.2 Å². The highest BCUT2D eigenvalue weighted by Gasteiger charge is 2.30. The number of nitrogens with zero attached hydrogens (tertiary/aromatic N) is 1. The van der Waals surface area contributed by atoms with Gasteiger partial charge < -0.3 is 20.1 Å². The summed E-state index contributed by atoms with van der Waals surface area (Å²) in [5.41, 5.74) is 1.60. The van der Waals surface area contributed by atoms with Crippen LogP contribution < -0.4 is 10.1 Å². The van der Waals surface area contributed by atoms with Crippen molar-refractivity contribution in [3.63, 3.8) is 0 Å². The molecule has 3 aromatic rings. The van der Waals surface area contributed by atoms with Gasteiger partial charge in [0.2, 0.25) is 0 Å². The summed E-state index contributed by atoms with van der Waals surface area (Å²) in [4.78, 5) is 25.5. The van der Waals surface area contributed by atoms with Crippen LogP contribution in [0.5, 0.6) is 11.5 Å². The summed E-state index contributed by atoms with van der Waals surface area (Å²) in [5.74, 6) is -1.39. The quantitative estimate of drug-likeness (QED) is 0.549. The van der Waals surface area contributed by atoms with Crippen LogP contribution >= 0.6 is 11.6 Å². The molecule has 1 aliphatic rings. The second kappa shape index (κ2) is 8.65. The maximum atomic E-state index is 13.8. The average molecular weight is 441 g/mol. The highest BCUT2D eigenvalue weighted by molar-refractivity contribution is 6.30. The molecule has 1 unspecified atom stereocenters. The van der Waals surface area contributed by atoms with Crippen LogP contribution in [-0.2, 0) is 6.54 Å². The molecular weight excluding hydrogens is 423 g/mol. The average Bonchev–Trinajstić information content (AvgIpc) is 3.13. The van der Waals surface area contributed by atoms with Crippen LogP contribution in [0.25, 0.3) is 0 Å². The molecule has 0 saturated carbocycles. The van der Waals surface area contributed by atoms with Gasteiger partial charge in [0.05, 0.1) is 23.2 Å². The minimum absolute atomic E-state index is 0.0150. The maximum absolute atomic E-state index is 13.8. The van der Waals surface area contributed by atoms with E-state index in [0.29, 0.717) is 12.1 Å². The molecule has 2 N–H and O–H groups in total. The molecule has 2 amide bonds. The van der Waals surface area contributed by atoms with Gasteiger partial charge in [-0.25, -0.2) is 14.0 Å². The third-order valence-electron chi connectivity index (χ3n) is 4.98. The van der Waals surface area contributed by atoms with Crippen LogP contribution in [0.4, 0.5) is 9.18 Å². The fourth-order valence-electron chi connectivity index (χ4n) is 3.39. The summed E-state index contributed by atoms with van der Waals surface area (Å²) >= 11 is 5.72. The molecule has 0 aliphatic carbocycles. The number of carboxylic acids is 1. The van der Waals surface area contributed by atoms with Gasteiger partial charge in [0, 0.05) is 18.2 Å². The van der Waals surface area contributed by atoms with Crippen LogP contribution in [0.15, 0.2) is 66.7 Å². The summed E-state index contributed by atoms with van der Waals surface area (Å²) in [5, 5.41) is 12.2. The largest absolute Gasteiger partial charge is 0.478 e. The molecule has 0 radical (unpaired) electrons. The van der Waals surface area contributed by atoms with Gasteiger partial charge in [-0.1, -0.05) is 48.0 Å². The molecule has 0 aromatic heterocycles. The molecule has 1 aliphatic heterocycles. The number of aromatic carboxylic acids is 1. The van der Waals surface area contributed by atoms with E-state index in [1.807, 2.05) is 30.3 Å². The van der Waals surface area contributed by atoms with Crippen molar-refractivity contribution in [3.05, 3.63) is 94.3 Å². The number of benzene rings is 3. The fourth-order valence-corrected chi connectivity index (χ4v) is 3.50. The molecule has 8 heteroatoms. The maximum Gasteiger partial charge on any atom is 0.335 e. The van der Waals surface area contributed by atoms with Crippen molar-refractivity contribution < 1.29 is 23.8 Å². The smallest absolute Gasteiger partial charge is 0.335 e. The van der Waals surface area contributed by atoms with E-state index >= 15 is 0 Å². The Balaban J connectivity index is 1.59. The van der Waals surface area contributed by atoms with Gasteiger partial charge in [-0.05, 0) is 29.8 Å². The molecule has 1 saturated heterocycles. The van der Waals surface area contributed by atoms with E-state index in [1.54, 1.807) is 11.0 Å². The summed E-state index contributed by atoms with van der Waals surface area (Å²) in [6.45, 7) is 0.638. The SMILES string of the molecule is O=C(O)c1ccc(CN2CC(c3ccccc3)NC2=O)c(Oc2ccc(Cl)c(F)c2)c1. The van der Waals surface area contributed by atoms with Crippen LogP contribution in [0.3, 0.4) is 0 Å². The van der Waals surface area contributed by atoms with E-state index in [9.17, 15) is 19.1 Å². The van der Waals surface area contributed by atoms with Crippen LogP contribution in [0.2, 0.25) is 5.02 Å². The Hall–Kier alpha value is -3.58. The minimum atomic E-state index is -1.12. The van der Waals surface area contributed by atoms with Crippen molar-refractivity contribution in [2.45, 2.75) is 12.6 Å². The number of carbonyl (C=O) groups is 2. The van der Waals surface area contributed by atoms with Gasteiger partial charge in [0.15, 0.2) is 0 Å². The number of urea groups is 1. The van der Waals surface area contributed by atoms with E-state index < -0.39 is 11.8 Å². The highest BCUT2D eigenvalue weighted by atomic mass is 35.5. The van der Waals surface area contributed by atoms with Gasteiger partial charge >= 0.3 is 12.0 Å². The lowest BCUT2D eigenvalue weighted by atomic mass is 10.1. The molecule has 4 rings (SSSR count). The number of amides is 2. The number of carboxylic acid groups (broad SMARTS) is 1. The summed E-state index contributed by atoms with van der Waals surface area (Å²) in [6.07, 6.45) is 0. The molecule has 6 nitrogen and oxygen atoms in total. The summed E-state index contributed by atoms with van der Waals surface area (Å²) in [6, 6.07) is 17.6. The van der Waals surface area contributed by atoms with E-state index in [4.69, 9.17) is 16.3 Å². The Labute approximate surface area is 182 Å². The highest BCUT2D eigenvalue weighted by Crippen LogP contribution is 2.31. The van der Waals surface area contributed by atoms with Crippen molar-refractivity contribution in [1.29, 1.82) is 0 Å². The number of nitrogens with one attached hydrogen (secondary N) is 1. The first-order chi connectivity index (χ1) is 14.9. The third-order valence-corrected chi connectivity index (χ3v) is 5.29. The number of carbonyl (C=O) groups excluding carboxylic acids is 1. The molecule has 0 spiro atoms. The van der Waals surface area contributed by atoms with E-state index in [2.05, 4.69) is 5.32 Å². The lowest BCUT2D eigenvalue weighted by molar-refractivity contribution is 0.0696. The third kappa shape index (κ3) is 4.62. The van der Waals surface area contributed by atoms with E-state index in [-0.39, 0.29) is 40.7 Å². The second-order valence-corrected chi connectivity index (χ2v) is 7.51. The van der Waals surface area contributed by atoms with Crippen LogP contribution in [0, 0.1) is 5.82 Å². The zero-order valence-corrected chi connectivity index (χ0v) is 17.0. The fraction of sp³-hybridized carbons (Fsp3) is 0.130. The van der Waals surface area contributed by atoms with Crippen molar-refractivity contribution >= 4 is 23.6 Å². The zero-order valence-electron chi connectivity index (χ0n) is 16.2. The molecule has 1 atom stereocenters. The Morgan fingerprint density at radius 3 is 2.65 bits per heavy atom. The van der Waals surface area contributed by atoms with E-state index in [1.165, 1.54) is 24.3 Å². The summed E-state index contributed by atoms with van der Waals surface area (Å²) in [7, 11) is 0. The molecule has 0 bridgehead atoms. The Bertz CT molecular complexity index is 1140. The normalized spacial score (nSPS) is 15.6. The first kappa shape index (κ1) is 20.7. The number of rotatable bonds is 6. The lowest BCUT2D eigenvalue weighted by Crippen LogP contribution is -2.27. The Morgan fingerprint density at radius 2 is 1.94 bits per heavy atom. The second-order valence-electron chi connectivity index (χ2n) is 7.10. The number of hydrogen-bond acceptors (Lipinski definition) is 3. The topological polar surface area (TPSA) is 78.9 Å². The van der Waals surface area contributed by atoms with Crippen molar-refractivity contribution in [2.75, 3.05) is 6.54 Å².